The molecule has 0 amide bonds. The average Bonchev–Trinajstić information content (AvgIpc) is 2.65. The van der Waals surface area contributed by atoms with Gasteiger partial charge in [-0.05, 0) is 24.3 Å². The highest BCUT2D eigenvalue weighted by molar-refractivity contribution is 9.10. The van der Waals surface area contributed by atoms with E-state index < -0.39 is 0 Å². The molecule has 0 saturated carbocycles. The standard InChI is InChI=1S/C12H13BrO2S/c13-8-1-2-9-10(14)6-12(3-4-16-7-12)15-11(9)5-8/h1-2,5,10,14H,3-4,6-7H2/t10-,12?/m0/s1. The van der Waals surface area contributed by atoms with E-state index in [0.717, 1.165) is 40.1 Å². The van der Waals surface area contributed by atoms with Crippen molar-refractivity contribution in [2.45, 2.75) is 24.5 Å². The maximum Gasteiger partial charge on any atom is 0.127 e. The summed E-state index contributed by atoms with van der Waals surface area (Å²) in [5, 5.41) is 10.2. The number of rotatable bonds is 0. The Hall–Kier alpha value is -0.190. The van der Waals surface area contributed by atoms with Crippen LogP contribution in [0.5, 0.6) is 5.75 Å². The third kappa shape index (κ3) is 1.77. The molecule has 2 aliphatic heterocycles. The molecule has 2 aliphatic rings. The zero-order valence-corrected chi connectivity index (χ0v) is 11.2. The molecule has 1 aromatic carbocycles. The normalized spacial score (nSPS) is 32.5. The molecule has 1 spiro atoms. The van der Waals surface area contributed by atoms with Crippen LogP contribution in [0.1, 0.15) is 24.5 Å². The van der Waals surface area contributed by atoms with Crippen molar-refractivity contribution in [1.82, 2.24) is 0 Å². The number of fused-ring (bicyclic) bond motifs is 1. The first-order valence-electron chi connectivity index (χ1n) is 5.43. The molecule has 0 aromatic heterocycles. The molecule has 1 saturated heterocycles. The van der Waals surface area contributed by atoms with Crippen LogP contribution in [0.2, 0.25) is 0 Å². The van der Waals surface area contributed by atoms with Crippen molar-refractivity contribution in [3.63, 3.8) is 0 Å². The third-order valence-corrected chi connectivity index (χ3v) is 5.01. The van der Waals surface area contributed by atoms with Crippen molar-refractivity contribution in [2.75, 3.05) is 11.5 Å². The SMILES string of the molecule is O[C@H]1CC2(CCSC2)Oc2cc(Br)ccc21. The lowest BCUT2D eigenvalue weighted by Gasteiger charge is -2.37. The number of halogens is 1. The van der Waals surface area contributed by atoms with E-state index in [1.165, 1.54) is 0 Å². The van der Waals surface area contributed by atoms with Gasteiger partial charge in [0, 0.05) is 22.2 Å². The molecular weight excluding hydrogens is 288 g/mol. The van der Waals surface area contributed by atoms with E-state index in [1.807, 2.05) is 30.0 Å². The fraction of sp³-hybridized carbons (Fsp3) is 0.500. The number of hydrogen-bond donors (Lipinski definition) is 1. The Bertz CT molecular complexity index is 415. The number of hydrogen-bond acceptors (Lipinski definition) is 3. The molecule has 3 rings (SSSR count). The minimum atomic E-state index is -0.379. The monoisotopic (exact) mass is 300 g/mol. The Morgan fingerprint density at radius 1 is 1.50 bits per heavy atom. The van der Waals surface area contributed by atoms with Gasteiger partial charge in [-0.1, -0.05) is 22.0 Å². The minimum absolute atomic E-state index is 0.127. The van der Waals surface area contributed by atoms with Gasteiger partial charge in [0.25, 0.3) is 0 Å². The predicted molar refractivity (Wildman–Crippen MR) is 69.0 cm³/mol. The number of ether oxygens (including phenoxy) is 1. The summed E-state index contributed by atoms with van der Waals surface area (Å²) in [7, 11) is 0. The highest BCUT2D eigenvalue weighted by Crippen LogP contribution is 2.46. The summed E-state index contributed by atoms with van der Waals surface area (Å²) in [5.74, 6) is 2.97. The fourth-order valence-corrected chi connectivity index (χ4v) is 4.13. The van der Waals surface area contributed by atoms with Crippen LogP contribution in [0.25, 0.3) is 0 Å². The van der Waals surface area contributed by atoms with Gasteiger partial charge >= 0.3 is 0 Å². The molecule has 4 heteroatoms. The van der Waals surface area contributed by atoms with Gasteiger partial charge in [0.1, 0.15) is 11.4 Å². The van der Waals surface area contributed by atoms with E-state index in [9.17, 15) is 5.11 Å². The molecule has 16 heavy (non-hydrogen) atoms. The van der Waals surface area contributed by atoms with Crippen LogP contribution in [0.3, 0.4) is 0 Å². The molecule has 0 bridgehead atoms. The summed E-state index contributed by atoms with van der Waals surface area (Å²) in [6.45, 7) is 0. The van der Waals surface area contributed by atoms with Gasteiger partial charge in [-0.2, -0.15) is 11.8 Å². The molecule has 2 heterocycles. The Balaban J connectivity index is 2.00. The molecule has 1 N–H and O–H groups in total. The first kappa shape index (κ1) is 10.9. The second-order valence-electron chi connectivity index (χ2n) is 4.49. The first-order chi connectivity index (χ1) is 7.69. The Labute approximate surface area is 108 Å². The average molecular weight is 301 g/mol. The van der Waals surface area contributed by atoms with Crippen LogP contribution in [0.15, 0.2) is 22.7 Å². The van der Waals surface area contributed by atoms with Crippen molar-refractivity contribution in [3.8, 4) is 5.75 Å². The lowest BCUT2D eigenvalue weighted by Crippen LogP contribution is -2.41. The van der Waals surface area contributed by atoms with Gasteiger partial charge in [-0.3, -0.25) is 0 Å². The van der Waals surface area contributed by atoms with Gasteiger partial charge in [0.05, 0.1) is 6.10 Å². The highest BCUT2D eigenvalue weighted by atomic mass is 79.9. The van der Waals surface area contributed by atoms with Crippen LogP contribution >= 0.6 is 27.7 Å². The van der Waals surface area contributed by atoms with Gasteiger partial charge in [0.2, 0.25) is 0 Å². The quantitative estimate of drug-likeness (QED) is 0.798. The third-order valence-electron chi connectivity index (χ3n) is 3.29. The number of benzene rings is 1. The Kier molecular flexibility index (Phi) is 2.68. The first-order valence-corrected chi connectivity index (χ1v) is 7.38. The van der Waals surface area contributed by atoms with Gasteiger partial charge in [-0.25, -0.2) is 0 Å². The van der Waals surface area contributed by atoms with Crippen molar-refractivity contribution >= 4 is 27.7 Å². The second-order valence-corrected chi connectivity index (χ2v) is 6.51. The van der Waals surface area contributed by atoms with E-state index in [2.05, 4.69) is 15.9 Å². The van der Waals surface area contributed by atoms with E-state index in [4.69, 9.17) is 4.74 Å². The van der Waals surface area contributed by atoms with Crippen LogP contribution < -0.4 is 4.74 Å². The van der Waals surface area contributed by atoms with Gasteiger partial charge in [-0.15, -0.1) is 0 Å². The highest BCUT2D eigenvalue weighted by Gasteiger charge is 2.43. The van der Waals surface area contributed by atoms with E-state index >= 15 is 0 Å². The zero-order chi connectivity index (χ0) is 11.2. The number of aliphatic hydroxyl groups is 1. The molecule has 2 atom stereocenters. The predicted octanol–water partition coefficient (Wildman–Crippen LogP) is 3.14. The van der Waals surface area contributed by atoms with Crippen LogP contribution in [-0.4, -0.2) is 22.2 Å². The van der Waals surface area contributed by atoms with E-state index in [1.54, 1.807) is 0 Å². The molecule has 0 radical (unpaired) electrons. The summed E-state index contributed by atoms with van der Waals surface area (Å²) in [5.41, 5.74) is 0.795. The fourth-order valence-electron chi connectivity index (χ4n) is 2.44. The van der Waals surface area contributed by atoms with Crippen molar-refractivity contribution in [2.24, 2.45) is 0 Å². The van der Waals surface area contributed by atoms with Gasteiger partial charge < -0.3 is 9.84 Å². The molecule has 1 aromatic rings. The zero-order valence-electron chi connectivity index (χ0n) is 8.78. The lowest BCUT2D eigenvalue weighted by molar-refractivity contribution is 0.00402. The molecule has 0 aliphatic carbocycles. The van der Waals surface area contributed by atoms with Crippen LogP contribution in [0.4, 0.5) is 0 Å². The van der Waals surface area contributed by atoms with Gasteiger partial charge in [0.15, 0.2) is 0 Å². The summed E-state index contributed by atoms with van der Waals surface area (Å²) in [4.78, 5) is 0. The molecule has 1 unspecified atom stereocenters. The van der Waals surface area contributed by atoms with Crippen molar-refractivity contribution in [1.29, 1.82) is 0 Å². The van der Waals surface area contributed by atoms with Crippen LogP contribution in [0, 0.1) is 0 Å². The topological polar surface area (TPSA) is 29.5 Å². The maximum absolute atomic E-state index is 10.2. The maximum atomic E-state index is 10.2. The molecule has 2 nitrogen and oxygen atoms in total. The van der Waals surface area contributed by atoms with Crippen molar-refractivity contribution < 1.29 is 9.84 Å². The largest absolute Gasteiger partial charge is 0.486 e. The van der Waals surface area contributed by atoms with Crippen molar-refractivity contribution in [3.05, 3.63) is 28.2 Å². The second kappa shape index (κ2) is 3.93. The minimum Gasteiger partial charge on any atom is -0.486 e. The molecule has 1 fully saturated rings. The number of aliphatic hydroxyl groups excluding tert-OH is 1. The Morgan fingerprint density at radius 2 is 2.38 bits per heavy atom. The van der Waals surface area contributed by atoms with E-state index in [0.29, 0.717) is 0 Å². The molecule has 86 valence electrons. The summed E-state index contributed by atoms with van der Waals surface area (Å²) in [6.07, 6.45) is 1.39. The summed E-state index contributed by atoms with van der Waals surface area (Å²) in [6, 6.07) is 5.86. The smallest absolute Gasteiger partial charge is 0.127 e. The van der Waals surface area contributed by atoms with E-state index in [-0.39, 0.29) is 11.7 Å². The summed E-state index contributed by atoms with van der Waals surface area (Å²) < 4.78 is 7.12. The Morgan fingerprint density at radius 3 is 3.12 bits per heavy atom. The number of thioether (sulfide) groups is 1. The van der Waals surface area contributed by atoms with Crippen LogP contribution in [-0.2, 0) is 0 Å². The summed E-state index contributed by atoms with van der Waals surface area (Å²) >= 11 is 5.35. The lowest BCUT2D eigenvalue weighted by atomic mass is 9.88. The molecular formula is C12H13BrO2S.